The highest BCUT2D eigenvalue weighted by Gasteiger charge is 2.21. The molecule has 3 rings (SSSR count). The van der Waals surface area contributed by atoms with Crippen LogP contribution in [0.2, 0.25) is 0 Å². The highest BCUT2D eigenvalue weighted by molar-refractivity contribution is 7.10. The van der Waals surface area contributed by atoms with Crippen molar-refractivity contribution in [2.45, 2.75) is 51.4 Å². The number of carbonyl (C=O) groups excluding carboxylic acids is 2. The van der Waals surface area contributed by atoms with Gasteiger partial charge in [-0.15, -0.1) is 11.3 Å². The quantitative estimate of drug-likeness (QED) is 0.103. The number of benzene rings is 2. The van der Waals surface area contributed by atoms with E-state index in [1.165, 1.54) is 11.8 Å². The summed E-state index contributed by atoms with van der Waals surface area (Å²) in [6, 6.07) is 18.0. The Morgan fingerprint density at radius 1 is 0.974 bits per heavy atom. The van der Waals surface area contributed by atoms with Gasteiger partial charge in [-0.25, -0.2) is 4.79 Å². The van der Waals surface area contributed by atoms with Crippen LogP contribution in [-0.2, 0) is 19.1 Å². The molecule has 1 amide bonds. The van der Waals surface area contributed by atoms with Crippen LogP contribution in [0.5, 0.6) is 5.75 Å². The minimum atomic E-state index is -1.03. The molecule has 10 nitrogen and oxygen atoms in total. The van der Waals surface area contributed by atoms with E-state index in [2.05, 4.69) is 4.84 Å². The minimum Gasteiger partial charge on any atom is -0.484 e. The maximum absolute atomic E-state index is 12.6. The van der Waals surface area contributed by atoms with E-state index in [1.807, 2.05) is 60.0 Å². The highest BCUT2D eigenvalue weighted by atomic mass is 32.1. The molecule has 206 valence electrons. The van der Waals surface area contributed by atoms with Gasteiger partial charge in [-0.3, -0.25) is 20.0 Å². The predicted octanol–water partition coefficient (Wildman–Crippen LogP) is 5.94. The SMILES string of the molecule is CC(OC(=O)CCCCCON(O)O)OC(=O)N(C)CC[C@H](Oc1cccc2ccccc12)c1cccs1. The average molecular weight is 547 g/mol. The van der Waals surface area contributed by atoms with Crippen LogP contribution in [0, 0.1) is 0 Å². The maximum Gasteiger partial charge on any atom is 0.412 e. The Kier molecular flexibility index (Phi) is 11.8. The normalized spacial score (nSPS) is 12.8. The number of esters is 1. The first-order valence-corrected chi connectivity index (χ1v) is 13.3. The molecule has 1 aromatic heterocycles. The highest BCUT2D eigenvalue weighted by Crippen LogP contribution is 2.33. The van der Waals surface area contributed by atoms with Crippen molar-refractivity contribution < 1.29 is 39.1 Å². The van der Waals surface area contributed by atoms with Crippen molar-refractivity contribution >= 4 is 34.2 Å². The lowest BCUT2D eigenvalue weighted by atomic mass is 10.1. The molecule has 11 heteroatoms. The standard InChI is InChI=1S/C27H34N2O8S/c1-20(35-26(30)15-4-3-7-18-34-29(32)33)36-27(31)28(2)17-16-24(25-14-9-19-38-25)37-23-13-8-11-21-10-5-6-12-22(21)23/h5-6,8-14,19-20,24,32-33H,3-4,7,15-18H2,1-2H3/t20?,24-/m0/s1. The summed E-state index contributed by atoms with van der Waals surface area (Å²) in [7, 11) is 1.63. The van der Waals surface area contributed by atoms with Crippen LogP contribution in [0.4, 0.5) is 4.79 Å². The third-order valence-electron chi connectivity index (χ3n) is 5.71. The number of amides is 1. The third-order valence-corrected chi connectivity index (χ3v) is 6.68. The van der Waals surface area contributed by atoms with Gasteiger partial charge in [0.2, 0.25) is 6.29 Å². The molecular formula is C27H34N2O8S. The number of hydrogen-bond acceptors (Lipinski definition) is 10. The Bertz CT molecular complexity index is 1140. The topological polar surface area (TPSA) is 118 Å². The summed E-state index contributed by atoms with van der Waals surface area (Å²) in [5.74, 6) is 0.296. The van der Waals surface area contributed by atoms with E-state index in [0.29, 0.717) is 32.2 Å². The molecule has 38 heavy (non-hydrogen) atoms. The summed E-state index contributed by atoms with van der Waals surface area (Å²) < 4.78 is 16.9. The number of carbonyl (C=O) groups is 2. The average Bonchev–Trinajstić information content (AvgIpc) is 3.43. The van der Waals surface area contributed by atoms with E-state index < -0.39 is 18.4 Å². The largest absolute Gasteiger partial charge is 0.484 e. The van der Waals surface area contributed by atoms with Crippen LogP contribution in [0.3, 0.4) is 0 Å². The summed E-state index contributed by atoms with van der Waals surface area (Å²) in [4.78, 5) is 31.5. The number of hydrogen-bond donors (Lipinski definition) is 2. The Morgan fingerprint density at radius 3 is 2.53 bits per heavy atom. The molecule has 2 N–H and O–H groups in total. The van der Waals surface area contributed by atoms with Gasteiger partial charge in [0.05, 0.1) is 12.0 Å². The molecule has 0 fully saturated rings. The molecule has 2 aromatic carbocycles. The lowest BCUT2D eigenvalue weighted by Crippen LogP contribution is -2.33. The van der Waals surface area contributed by atoms with Crippen molar-refractivity contribution in [1.29, 1.82) is 0 Å². The van der Waals surface area contributed by atoms with Crippen molar-refractivity contribution in [3.63, 3.8) is 0 Å². The molecule has 0 saturated carbocycles. The number of ether oxygens (including phenoxy) is 3. The van der Waals surface area contributed by atoms with Crippen LogP contribution < -0.4 is 4.74 Å². The summed E-state index contributed by atoms with van der Waals surface area (Å²) in [6.07, 6.45) is 0.497. The van der Waals surface area contributed by atoms with Gasteiger partial charge >= 0.3 is 12.1 Å². The van der Waals surface area contributed by atoms with Crippen molar-refractivity contribution in [1.82, 2.24) is 10.3 Å². The molecule has 0 bridgehead atoms. The fraction of sp³-hybridized carbons (Fsp3) is 0.407. The number of rotatable bonds is 15. The number of fused-ring (bicyclic) bond motifs is 1. The zero-order valence-corrected chi connectivity index (χ0v) is 22.3. The molecule has 0 radical (unpaired) electrons. The first-order chi connectivity index (χ1) is 18.3. The third kappa shape index (κ3) is 9.58. The molecular weight excluding hydrogens is 512 g/mol. The first-order valence-electron chi connectivity index (χ1n) is 12.4. The minimum absolute atomic E-state index is 0.114. The van der Waals surface area contributed by atoms with Crippen LogP contribution in [0.15, 0.2) is 60.0 Å². The van der Waals surface area contributed by atoms with Crippen molar-refractivity contribution in [2.75, 3.05) is 20.2 Å². The van der Waals surface area contributed by atoms with Crippen molar-refractivity contribution in [3.05, 3.63) is 64.9 Å². The van der Waals surface area contributed by atoms with Gasteiger partial charge in [0.1, 0.15) is 11.9 Å². The fourth-order valence-corrected chi connectivity index (χ4v) is 4.57. The molecule has 0 aliphatic carbocycles. The number of nitrogens with zero attached hydrogens (tertiary/aromatic N) is 2. The molecule has 1 unspecified atom stereocenters. The summed E-state index contributed by atoms with van der Waals surface area (Å²) in [5.41, 5.74) is 0. The second-order valence-corrected chi connectivity index (χ2v) is 9.63. The Morgan fingerprint density at radius 2 is 1.76 bits per heavy atom. The zero-order valence-electron chi connectivity index (χ0n) is 21.5. The van der Waals surface area contributed by atoms with Gasteiger partial charge in [-0.2, -0.15) is 0 Å². The molecule has 0 spiro atoms. The fourth-order valence-electron chi connectivity index (χ4n) is 3.78. The van der Waals surface area contributed by atoms with E-state index >= 15 is 0 Å². The van der Waals surface area contributed by atoms with Gasteiger partial charge < -0.3 is 19.1 Å². The Balaban J connectivity index is 1.45. The van der Waals surface area contributed by atoms with E-state index in [1.54, 1.807) is 18.4 Å². The lowest BCUT2D eigenvalue weighted by molar-refractivity contribution is -0.492. The monoisotopic (exact) mass is 546 g/mol. The molecule has 0 aliphatic heterocycles. The van der Waals surface area contributed by atoms with Gasteiger partial charge in [0, 0.05) is 43.6 Å². The molecule has 3 aromatic rings. The van der Waals surface area contributed by atoms with Gasteiger partial charge in [-0.05, 0) is 35.7 Å². The van der Waals surface area contributed by atoms with Crippen LogP contribution in [-0.4, -0.2) is 59.3 Å². The number of unbranched alkanes of at least 4 members (excludes halogenated alkanes) is 2. The second kappa shape index (κ2) is 15.3. The maximum atomic E-state index is 12.6. The van der Waals surface area contributed by atoms with Crippen molar-refractivity contribution in [2.24, 2.45) is 0 Å². The van der Waals surface area contributed by atoms with Crippen LogP contribution >= 0.6 is 11.3 Å². The molecule has 0 saturated heterocycles. The molecule has 2 atom stereocenters. The van der Waals surface area contributed by atoms with Crippen LogP contribution in [0.25, 0.3) is 10.8 Å². The van der Waals surface area contributed by atoms with E-state index in [-0.39, 0.29) is 24.5 Å². The van der Waals surface area contributed by atoms with E-state index in [4.69, 9.17) is 24.6 Å². The van der Waals surface area contributed by atoms with E-state index in [9.17, 15) is 9.59 Å². The Labute approximate surface area is 225 Å². The first kappa shape index (κ1) is 29.3. The zero-order chi connectivity index (χ0) is 27.3. The van der Waals surface area contributed by atoms with Crippen molar-refractivity contribution in [3.8, 4) is 5.75 Å². The molecule has 1 heterocycles. The summed E-state index contributed by atoms with van der Waals surface area (Å²) in [5, 5.41) is 20.7. The molecule has 0 aliphatic rings. The van der Waals surface area contributed by atoms with E-state index in [0.717, 1.165) is 21.4 Å². The Hall–Kier alpha value is -3.22. The predicted molar refractivity (Wildman–Crippen MR) is 141 cm³/mol. The summed E-state index contributed by atoms with van der Waals surface area (Å²) >= 11 is 1.60. The second-order valence-electron chi connectivity index (χ2n) is 8.65. The van der Waals surface area contributed by atoms with Gasteiger partial charge in [0.15, 0.2) is 0 Å². The van der Waals surface area contributed by atoms with Crippen LogP contribution in [0.1, 0.15) is 50.0 Å². The number of thiophene rings is 1. The summed E-state index contributed by atoms with van der Waals surface area (Å²) in [6.45, 7) is 1.98. The van der Waals surface area contributed by atoms with Gasteiger partial charge in [-0.1, -0.05) is 48.9 Å². The smallest absolute Gasteiger partial charge is 0.412 e. The lowest BCUT2D eigenvalue weighted by Gasteiger charge is -2.24. The van der Waals surface area contributed by atoms with Gasteiger partial charge in [0.25, 0.3) is 0 Å².